The summed E-state index contributed by atoms with van der Waals surface area (Å²) in [6.45, 7) is 0. The first-order valence-corrected chi connectivity index (χ1v) is 7.61. The predicted molar refractivity (Wildman–Crippen MR) is 75.2 cm³/mol. The van der Waals surface area contributed by atoms with E-state index >= 15 is 0 Å². The third-order valence-corrected chi connectivity index (χ3v) is 4.15. The van der Waals surface area contributed by atoms with Crippen LogP contribution < -0.4 is 0 Å². The van der Waals surface area contributed by atoms with E-state index in [1.165, 1.54) is 25.5 Å². The minimum absolute atomic E-state index is 0.157. The van der Waals surface area contributed by atoms with Crippen molar-refractivity contribution in [3.8, 4) is 5.40 Å². The minimum atomic E-state index is -0.540. The van der Waals surface area contributed by atoms with E-state index in [1.807, 2.05) is 5.40 Å². The van der Waals surface area contributed by atoms with E-state index in [9.17, 15) is 10.1 Å². The highest BCUT2D eigenvalue weighted by atomic mass is 32.2. The zero-order chi connectivity index (χ0) is 14.4. The normalized spacial score (nSPS) is 16.9. The lowest BCUT2D eigenvalue weighted by molar-refractivity contribution is -0.388. The Morgan fingerprint density at radius 2 is 1.95 bits per heavy atom. The predicted octanol–water partition coefficient (Wildman–Crippen LogP) is 3.79. The number of rotatable bonds is 3. The molecule has 0 radical (unpaired) electrons. The molecule has 0 aliphatic heterocycles. The van der Waals surface area contributed by atoms with Crippen molar-refractivity contribution in [2.24, 2.45) is 0 Å². The maximum absolute atomic E-state index is 10.9. The van der Waals surface area contributed by atoms with Gasteiger partial charge in [0.1, 0.15) is 17.4 Å². The van der Waals surface area contributed by atoms with E-state index in [4.69, 9.17) is 5.26 Å². The molecule has 0 aromatic carbocycles. The zero-order valence-corrected chi connectivity index (χ0v) is 11.9. The lowest BCUT2D eigenvalue weighted by Gasteiger charge is -2.18. The number of nitro groups is 1. The van der Waals surface area contributed by atoms with E-state index in [-0.39, 0.29) is 16.6 Å². The van der Waals surface area contributed by atoms with E-state index in [1.54, 1.807) is 0 Å². The van der Waals surface area contributed by atoms with Gasteiger partial charge in [0.25, 0.3) is 0 Å². The summed E-state index contributed by atoms with van der Waals surface area (Å²) in [4.78, 5) is 18.8. The SMILES string of the molecule is N#CSc1nc(C2CCCCCCC2)ncc1[N+](=O)[O-]. The summed E-state index contributed by atoms with van der Waals surface area (Å²) < 4.78 is 0. The van der Waals surface area contributed by atoms with Crippen LogP contribution >= 0.6 is 11.8 Å². The van der Waals surface area contributed by atoms with Gasteiger partial charge in [-0.15, -0.1) is 0 Å². The van der Waals surface area contributed by atoms with Gasteiger partial charge in [0.2, 0.25) is 0 Å². The van der Waals surface area contributed by atoms with Crippen molar-refractivity contribution in [3.05, 3.63) is 22.1 Å². The van der Waals surface area contributed by atoms with Crippen molar-refractivity contribution in [1.29, 1.82) is 5.26 Å². The molecule has 6 nitrogen and oxygen atoms in total. The Labute approximate surface area is 121 Å². The van der Waals surface area contributed by atoms with Crippen LogP contribution in [-0.2, 0) is 0 Å². The first-order valence-electron chi connectivity index (χ1n) is 6.79. The molecule has 1 aromatic rings. The maximum Gasteiger partial charge on any atom is 0.320 e. The highest BCUT2D eigenvalue weighted by Crippen LogP contribution is 2.32. The molecule has 1 fully saturated rings. The van der Waals surface area contributed by atoms with Crippen LogP contribution in [-0.4, -0.2) is 14.9 Å². The molecular formula is C13H16N4O2S. The molecule has 1 aliphatic rings. The average molecular weight is 292 g/mol. The summed E-state index contributed by atoms with van der Waals surface area (Å²) >= 11 is 0.730. The Hall–Kier alpha value is -1.68. The molecule has 0 saturated heterocycles. The lowest BCUT2D eigenvalue weighted by atomic mass is 9.90. The molecule has 0 amide bonds. The Balaban J connectivity index is 2.24. The van der Waals surface area contributed by atoms with Crippen LogP contribution in [0.1, 0.15) is 56.7 Å². The third-order valence-electron chi connectivity index (χ3n) is 3.56. The highest BCUT2D eigenvalue weighted by Gasteiger charge is 2.22. The van der Waals surface area contributed by atoms with E-state index in [0.717, 1.165) is 37.4 Å². The smallest absolute Gasteiger partial charge is 0.258 e. The van der Waals surface area contributed by atoms with Crippen LogP contribution in [0.3, 0.4) is 0 Å². The maximum atomic E-state index is 10.9. The average Bonchev–Trinajstić information content (AvgIpc) is 2.38. The molecule has 0 bridgehead atoms. The van der Waals surface area contributed by atoms with Gasteiger partial charge in [0.05, 0.1) is 4.92 Å². The molecule has 2 rings (SSSR count). The number of hydrogen-bond acceptors (Lipinski definition) is 6. The van der Waals surface area contributed by atoms with Crippen LogP contribution in [0.4, 0.5) is 5.69 Å². The van der Waals surface area contributed by atoms with Crippen molar-refractivity contribution < 1.29 is 4.92 Å². The van der Waals surface area contributed by atoms with Gasteiger partial charge in [-0.2, -0.15) is 5.26 Å². The second-order valence-corrected chi connectivity index (χ2v) is 5.68. The third kappa shape index (κ3) is 3.67. The van der Waals surface area contributed by atoms with Crippen molar-refractivity contribution in [3.63, 3.8) is 0 Å². The molecule has 0 spiro atoms. The number of nitriles is 1. The molecular weight excluding hydrogens is 276 g/mol. The zero-order valence-electron chi connectivity index (χ0n) is 11.1. The Bertz CT molecular complexity index is 522. The summed E-state index contributed by atoms with van der Waals surface area (Å²) in [6, 6.07) is 0. The molecule has 1 heterocycles. The topological polar surface area (TPSA) is 92.7 Å². The van der Waals surface area contributed by atoms with E-state index < -0.39 is 4.92 Å². The van der Waals surface area contributed by atoms with Gasteiger partial charge in [-0.1, -0.05) is 32.1 Å². The number of aromatic nitrogens is 2. The lowest BCUT2D eigenvalue weighted by Crippen LogP contribution is -2.08. The van der Waals surface area contributed by atoms with Crippen LogP contribution in [0.25, 0.3) is 0 Å². The molecule has 1 aliphatic carbocycles. The quantitative estimate of drug-likeness (QED) is 0.277. The fraction of sp³-hybridized carbons (Fsp3) is 0.615. The van der Waals surface area contributed by atoms with Crippen LogP contribution in [0, 0.1) is 20.8 Å². The fourth-order valence-corrected chi connectivity index (χ4v) is 2.98. The largest absolute Gasteiger partial charge is 0.320 e. The molecule has 0 N–H and O–H groups in total. The highest BCUT2D eigenvalue weighted by molar-refractivity contribution is 8.03. The van der Waals surface area contributed by atoms with Crippen molar-refractivity contribution in [2.75, 3.05) is 0 Å². The monoisotopic (exact) mass is 292 g/mol. The van der Waals surface area contributed by atoms with Gasteiger partial charge in [-0.3, -0.25) is 10.1 Å². The van der Waals surface area contributed by atoms with Crippen molar-refractivity contribution in [1.82, 2.24) is 9.97 Å². The molecule has 7 heteroatoms. The van der Waals surface area contributed by atoms with Crippen molar-refractivity contribution in [2.45, 2.75) is 55.9 Å². The van der Waals surface area contributed by atoms with Crippen LogP contribution in [0.2, 0.25) is 0 Å². The number of nitrogens with zero attached hydrogens (tertiary/aromatic N) is 4. The summed E-state index contributed by atoms with van der Waals surface area (Å²) in [7, 11) is 0. The molecule has 1 aromatic heterocycles. The Kier molecular flexibility index (Phi) is 5.30. The van der Waals surface area contributed by atoms with Crippen LogP contribution in [0.15, 0.2) is 11.2 Å². The number of hydrogen-bond donors (Lipinski definition) is 0. The summed E-state index contributed by atoms with van der Waals surface area (Å²) in [6.07, 6.45) is 9.30. The molecule has 0 unspecified atom stereocenters. The second-order valence-electron chi connectivity index (χ2n) is 4.91. The van der Waals surface area contributed by atoms with Crippen molar-refractivity contribution >= 4 is 17.4 Å². The van der Waals surface area contributed by atoms with Gasteiger partial charge in [-0.05, 0) is 12.8 Å². The van der Waals surface area contributed by atoms with Gasteiger partial charge < -0.3 is 0 Å². The Morgan fingerprint density at radius 1 is 1.30 bits per heavy atom. The molecule has 1 saturated carbocycles. The Morgan fingerprint density at radius 3 is 2.55 bits per heavy atom. The molecule has 20 heavy (non-hydrogen) atoms. The van der Waals surface area contributed by atoms with Gasteiger partial charge in [-0.25, -0.2) is 9.97 Å². The number of thioether (sulfide) groups is 1. The first-order chi connectivity index (χ1) is 9.72. The molecule has 0 atom stereocenters. The van der Waals surface area contributed by atoms with Gasteiger partial charge in [0.15, 0.2) is 5.03 Å². The summed E-state index contributed by atoms with van der Waals surface area (Å²) in [5, 5.41) is 21.6. The van der Waals surface area contributed by atoms with E-state index in [2.05, 4.69) is 9.97 Å². The standard InChI is InChI=1S/C13H16N4O2S/c14-9-20-13-11(17(18)19)8-15-12(16-13)10-6-4-2-1-3-5-7-10/h8,10H,1-7H2. The number of thiocyanates is 1. The minimum Gasteiger partial charge on any atom is -0.258 e. The second kappa shape index (κ2) is 7.20. The van der Waals surface area contributed by atoms with E-state index in [0.29, 0.717) is 5.82 Å². The van der Waals surface area contributed by atoms with Crippen LogP contribution in [0.5, 0.6) is 0 Å². The van der Waals surface area contributed by atoms with Gasteiger partial charge in [0, 0.05) is 17.7 Å². The fourth-order valence-electron chi connectivity index (χ4n) is 2.53. The first kappa shape index (κ1) is 14.7. The summed E-state index contributed by atoms with van der Waals surface area (Å²) in [5.41, 5.74) is -0.189. The molecule has 106 valence electrons. The van der Waals surface area contributed by atoms with Gasteiger partial charge >= 0.3 is 5.69 Å². The summed E-state index contributed by atoms with van der Waals surface area (Å²) in [5.74, 6) is 0.907.